The Labute approximate surface area is 107 Å². The van der Waals surface area contributed by atoms with Crippen LogP contribution in [0.15, 0.2) is 24.5 Å². The highest BCUT2D eigenvalue weighted by Crippen LogP contribution is 2.16. The van der Waals surface area contributed by atoms with Crippen LogP contribution in [-0.4, -0.2) is 22.0 Å². The van der Waals surface area contributed by atoms with Crippen LogP contribution in [-0.2, 0) is 6.54 Å². The molecule has 0 amide bonds. The molecule has 0 aliphatic rings. The molecule has 0 fully saturated rings. The van der Waals surface area contributed by atoms with E-state index in [0.29, 0.717) is 5.95 Å². The van der Waals surface area contributed by atoms with E-state index in [1.807, 2.05) is 37.2 Å². The molecule has 0 bridgehead atoms. The van der Waals surface area contributed by atoms with Crippen LogP contribution in [0.3, 0.4) is 0 Å². The second-order valence-corrected chi connectivity index (χ2v) is 4.38. The Morgan fingerprint density at radius 2 is 2.06 bits per heavy atom. The van der Waals surface area contributed by atoms with Crippen LogP contribution in [0.1, 0.15) is 16.8 Å². The van der Waals surface area contributed by atoms with E-state index in [-0.39, 0.29) is 0 Å². The largest absolute Gasteiger partial charge is 0.368 e. The van der Waals surface area contributed by atoms with Crippen molar-refractivity contribution in [3.8, 4) is 0 Å². The first-order valence-corrected chi connectivity index (χ1v) is 5.78. The first kappa shape index (κ1) is 12.3. The number of pyridine rings is 1. The summed E-state index contributed by atoms with van der Waals surface area (Å²) in [7, 11) is 1.99. The van der Waals surface area contributed by atoms with Gasteiger partial charge in [0.25, 0.3) is 0 Å². The second kappa shape index (κ2) is 5.00. The number of nitrogens with two attached hydrogens (primary N) is 1. The first-order chi connectivity index (χ1) is 8.56. The summed E-state index contributed by atoms with van der Waals surface area (Å²) >= 11 is 0. The van der Waals surface area contributed by atoms with Crippen molar-refractivity contribution in [2.45, 2.75) is 20.4 Å². The molecule has 0 aliphatic carbocycles. The molecule has 94 valence electrons. The molecule has 0 aliphatic heterocycles. The summed E-state index contributed by atoms with van der Waals surface area (Å²) in [5.74, 6) is 1.14. The van der Waals surface area contributed by atoms with Gasteiger partial charge in [0.15, 0.2) is 0 Å². The number of aromatic nitrogens is 3. The van der Waals surface area contributed by atoms with Crippen molar-refractivity contribution in [1.82, 2.24) is 15.0 Å². The van der Waals surface area contributed by atoms with E-state index in [1.54, 1.807) is 6.20 Å². The molecule has 5 heteroatoms. The Morgan fingerprint density at radius 1 is 1.28 bits per heavy atom. The van der Waals surface area contributed by atoms with Crippen molar-refractivity contribution >= 4 is 11.8 Å². The molecular weight excluding hydrogens is 226 g/mol. The highest BCUT2D eigenvalue weighted by Gasteiger charge is 2.07. The molecule has 0 radical (unpaired) electrons. The van der Waals surface area contributed by atoms with Crippen LogP contribution in [0.5, 0.6) is 0 Å². The smallest absolute Gasteiger partial charge is 0.222 e. The average molecular weight is 243 g/mol. The standard InChI is InChI=1S/C13H17N5/c1-9-7-15-5-4-11(9)8-18(3)12-6-10(2)16-13(14)17-12/h4-7H,8H2,1-3H3,(H2,14,16,17). The maximum atomic E-state index is 5.66. The zero-order valence-corrected chi connectivity index (χ0v) is 10.9. The van der Waals surface area contributed by atoms with Gasteiger partial charge in [-0.15, -0.1) is 0 Å². The Balaban J connectivity index is 2.22. The van der Waals surface area contributed by atoms with Gasteiger partial charge in [0, 0.05) is 37.7 Å². The Kier molecular flexibility index (Phi) is 3.41. The van der Waals surface area contributed by atoms with Crippen LogP contribution < -0.4 is 10.6 Å². The van der Waals surface area contributed by atoms with E-state index >= 15 is 0 Å². The summed E-state index contributed by atoms with van der Waals surface area (Å²) in [4.78, 5) is 14.4. The lowest BCUT2D eigenvalue weighted by Gasteiger charge is -2.19. The van der Waals surface area contributed by atoms with Crippen LogP contribution in [0.4, 0.5) is 11.8 Å². The number of hydrogen-bond donors (Lipinski definition) is 1. The van der Waals surface area contributed by atoms with Crippen molar-refractivity contribution in [3.63, 3.8) is 0 Å². The zero-order chi connectivity index (χ0) is 13.1. The topological polar surface area (TPSA) is 67.9 Å². The van der Waals surface area contributed by atoms with Gasteiger partial charge in [0.1, 0.15) is 5.82 Å². The molecule has 2 aromatic heterocycles. The van der Waals surface area contributed by atoms with Gasteiger partial charge in [-0.1, -0.05) is 0 Å². The maximum Gasteiger partial charge on any atom is 0.222 e. The van der Waals surface area contributed by atoms with Gasteiger partial charge >= 0.3 is 0 Å². The summed E-state index contributed by atoms with van der Waals surface area (Å²) < 4.78 is 0. The Morgan fingerprint density at radius 3 is 2.72 bits per heavy atom. The number of nitrogen functional groups attached to an aromatic ring is 1. The van der Waals surface area contributed by atoms with Gasteiger partial charge in [-0.25, -0.2) is 4.98 Å². The average Bonchev–Trinajstić information content (AvgIpc) is 2.31. The number of rotatable bonds is 3. The quantitative estimate of drug-likeness (QED) is 0.888. The molecule has 2 heterocycles. The van der Waals surface area contributed by atoms with Crippen molar-refractivity contribution in [2.75, 3.05) is 17.7 Å². The molecule has 18 heavy (non-hydrogen) atoms. The summed E-state index contributed by atoms with van der Waals surface area (Å²) in [6.45, 7) is 4.73. The van der Waals surface area contributed by atoms with Crippen LogP contribution >= 0.6 is 0 Å². The lowest BCUT2D eigenvalue weighted by Crippen LogP contribution is -2.19. The highest BCUT2D eigenvalue weighted by atomic mass is 15.2. The van der Waals surface area contributed by atoms with Crippen molar-refractivity contribution in [1.29, 1.82) is 0 Å². The van der Waals surface area contributed by atoms with E-state index in [2.05, 4.69) is 21.9 Å². The third kappa shape index (κ3) is 2.74. The molecule has 2 aromatic rings. The van der Waals surface area contributed by atoms with E-state index in [4.69, 9.17) is 5.73 Å². The lowest BCUT2D eigenvalue weighted by atomic mass is 10.1. The summed E-state index contributed by atoms with van der Waals surface area (Å²) in [5, 5.41) is 0. The summed E-state index contributed by atoms with van der Waals surface area (Å²) in [6.07, 6.45) is 3.67. The van der Waals surface area contributed by atoms with E-state index in [0.717, 1.165) is 18.1 Å². The Bertz CT molecular complexity index is 533. The molecule has 2 rings (SSSR count). The van der Waals surface area contributed by atoms with Gasteiger partial charge in [-0.3, -0.25) is 4.98 Å². The van der Waals surface area contributed by atoms with Gasteiger partial charge in [-0.2, -0.15) is 4.98 Å². The molecule has 0 saturated heterocycles. The van der Waals surface area contributed by atoms with E-state index in [9.17, 15) is 0 Å². The minimum Gasteiger partial charge on any atom is -0.368 e. The Hall–Kier alpha value is -2.17. The van der Waals surface area contributed by atoms with Gasteiger partial charge < -0.3 is 10.6 Å². The molecular formula is C13H17N5. The minimum absolute atomic E-state index is 0.309. The molecule has 0 saturated carbocycles. The molecule has 0 spiro atoms. The number of anilines is 2. The molecule has 5 nitrogen and oxygen atoms in total. The third-order valence-corrected chi connectivity index (χ3v) is 2.79. The number of nitrogens with zero attached hydrogens (tertiary/aromatic N) is 4. The molecule has 0 aromatic carbocycles. The normalized spacial score (nSPS) is 10.4. The lowest BCUT2D eigenvalue weighted by molar-refractivity contribution is 0.879. The van der Waals surface area contributed by atoms with Crippen molar-refractivity contribution in [2.24, 2.45) is 0 Å². The number of aryl methyl sites for hydroxylation is 2. The second-order valence-electron chi connectivity index (χ2n) is 4.38. The predicted molar refractivity (Wildman–Crippen MR) is 72.3 cm³/mol. The molecule has 0 unspecified atom stereocenters. The van der Waals surface area contributed by atoms with Crippen LogP contribution in [0.2, 0.25) is 0 Å². The van der Waals surface area contributed by atoms with Gasteiger partial charge in [-0.05, 0) is 31.0 Å². The summed E-state index contributed by atoms with van der Waals surface area (Å²) in [5.41, 5.74) is 8.93. The number of hydrogen-bond acceptors (Lipinski definition) is 5. The van der Waals surface area contributed by atoms with E-state index in [1.165, 1.54) is 11.1 Å². The maximum absolute atomic E-state index is 5.66. The summed E-state index contributed by atoms with van der Waals surface area (Å²) in [6, 6.07) is 3.94. The van der Waals surface area contributed by atoms with Crippen molar-refractivity contribution in [3.05, 3.63) is 41.3 Å². The fourth-order valence-corrected chi connectivity index (χ4v) is 1.79. The molecule has 0 atom stereocenters. The van der Waals surface area contributed by atoms with Crippen LogP contribution in [0.25, 0.3) is 0 Å². The van der Waals surface area contributed by atoms with Gasteiger partial charge in [0.2, 0.25) is 5.95 Å². The SMILES string of the molecule is Cc1cc(N(C)Cc2ccncc2C)nc(N)n1. The molecule has 2 N–H and O–H groups in total. The first-order valence-electron chi connectivity index (χ1n) is 5.78. The van der Waals surface area contributed by atoms with E-state index < -0.39 is 0 Å². The zero-order valence-electron chi connectivity index (χ0n) is 10.9. The monoisotopic (exact) mass is 243 g/mol. The fraction of sp³-hybridized carbons (Fsp3) is 0.308. The van der Waals surface area contributed by atoms with Gasteiger partial charge in [0.05, 0.1) is 0 Å². The fourth-order valence-electron chi connectivity index (χ4n) is 1.79. The highest BCUT2D eigenvalue weighted by molar-refractivity contribution is 5.43. The van der Waals surface area contributed by atoms with Crippen LogP contribution in [0, 0.1) is 13.8 Å². The minimum atomic E-state index is 0.309. The van der Waals surface area contributed by atoms with Crippen molar-refractivity contribution < 1.29 is 0 Å². The predicted octanol–water partition coefficient (Wildman–Crippen LogP) is 1.71. The third-order valence-electron chi connectivity index (χ3n) is 2.79.